The predicted octanol–water partition coefficient (Wildman–Crippen LogP) is 5.51. The summed E-state index contributed by atoms with van der Waals surface area (Å²) >= 11 is 0. The van der Waals surface area contributed by atoms with Crippen LogP contribution in [0.2, 0.25) is 0 Å². The van der Waals surface area contributed by atoms with Gasteiger partial charge in [0.05, 0.1) is 17.6 Å². The molecule has 0 radical (unpaired) electrons. The molecule has 0 spiro atoms. The molecule has 1 atom stereocenters. The molecule has 0 unspecified atom stereocenters. The number of amides is 1. The minimum absolute atomic E-state index is 0.0494. The van der Waals surface area contributed by atoms with Gasteiger partial charge in [-0.25, -0.2) is 4.98 Å². The van der Waals surface area contributed by atoms with Crippen LogP contribution in [0.5, 0.6) is 5.75 Å². The smallest absolute Gasteiger partial charge is 0.227 e. The molecule has 5 rings (SSSR count). The maximum atomic E-state index is 13.0. The number of aromatic nitrogens is 2. The first-order valence-electron chi connectivity index (χ1n) is 11.7. The van der Waals surface area contributed by atoms with Crippen LogP contribution in [0.25, 0.3) is 11.0 Å². The molecule has 1 saturated heterocycles. The van der Waals surface area contributed by atoms with Crippen LogP contribution in [-0.4, -0.2) is 28.6 Å². The standard InChI is InChI=1S/C28H29N3O2/c1-3-21-12-14-23(15-13-21)33-17-16-30-26-11-7-5-9-24(26)29-28(30)22-18-27(32)31(19-22)25-10-6-4-8-20(25)2/h4-15,22H,3,16-19H2,1-2H3/t22-/m0/s1. The van der Waals surface area contributed by atoms with E-state index in [1.54, 1.807) is 0 Å². The Bertz CT molecular complexity index is 1280. The van der Waals surface area contributed by atoms with Gasteiger partial charge in [-0.2, -0.15) is 0 Å². The zero-order valence-electron chi connectivity index (χ0n) is 19.2. The number of aryl methyl sites for hydroxylation is 2. The Balaban J connectivity index is 1.38. The molecular weight excluding hydrogens is 410 g/mol. The molecule has 0 bridgehead atoms. The lowest BCUT2D eigenvalue weighted by molar-refractivity contribution is -0.117. The third-order valence-electron chi connectivity index (χ3n) is 6.50. The van der Waals surface area contributed by atoms with E-state index < -0.39 is 0 Å². The molecule has 5 heteroatoms. The summed E-state index contributed by atoms with van der Waals surface area (Å²) in [6, 6.07) is 24.5. The van der Waals surface area contributed by atoms with Crippen molar-refractivity contribution in [1.82, 2.24) is 9.55 Å². The van der Waals surface area contributed by atoms with E-state index in [1.165, 1.54) is 5.56 Å². The second-order valence-corrected chi connectivity index (χ2v) is 8.65. The Morgan fingerprint density at radius 2 is 1.76 bits per heavy atom. The largest absolute Gasteiger partial charge is 0.492 e. The van der Waals surface area contributed by atoms with Crippen LogP contribution in [0, 0.1) is 6.92 Å². The second kappa shape index (κ2) is 9.10. The molecule has 0 N–H and O–H groups in total. The summed E-state index contributed by atoms with van der Waals surface area (Å²) in [5.74, 6) is 2.04. The van der Waals surface area contributed by atoms with E-state index in [2.05, 4.69) is 42.7 Å². The van der Waals surface area contributed by atoms with Gasteiger partial charge < -0.3 is 14.2 Å². The summed E-state index contributed by atoms with van der Waals surface area (Å²) in [6.45, 7) is 6.07. The van der Waals surface area contributed by atoms with Gasteiger partial charge in [-0.1, -0.05) is 49.4 Å². The summed E-state index contributed by atoms with van der Waals surface area (Å²) < 4.78 is 8.28. The van der Waals surface area contributed by atoms with Gasteiger partial charge in [0.15, 0.2) is 0 Å². The zero-order valence-corrected chi connectivity index (χ0v) is 19.2. The van der Waals surface area contributed by atoms with E-state index in [0.717, 1.165) is 40.3 Å². The molecule has 168 valence electrons. The highest BCUT2D eigenvalue weighted by Crippen LogP contribution is 2.34. The monoisotopic (exact) mass is 439 g/mol. The van der Waals surface area contributed by atoms with Gasteiger partial charge in [-0.3, -0.25) is 4.79 Å². The van der Waals surface area contributed by atoms with E-state index in [4.69, 9.17) is 9.72 Å². The molecule has 0 saturated carbocycles. The Labute approximate surface area is 194 Å². The second-order valence-electron chi connectivity index (χ2n) is 8.65. The lowest BCUT2D eigenvalue weighted by atomic mass is 10.1. The average Bonchev–Trinajstić information content (AvgIpc) is 3.40. The number of hydrogen-bond acceptors (Lipinski definition) is 3. The van der Waals surface area contributed by atoms with Crippen LogP contribution in [0.1, 0.15) is 36.2 Å². The summed E-state index contributed by atoms with van der Waals surface area (Å²) in [4.78, 5) is 19.8. The van der Waals surface area contributed by atoms with Crippen molar-refractivity contribution >= 4 is 22.6 Å². The first-order valence-corrected chi connectivity index (χ1v) is 11.7. The first kappa shape index (κ1) is 21.3. The Hall–Kier alpha value is -3.60. The average molecular weight is 440 g/mol. The number of rotatable bonds is 7. The summed E-state index contributed by atoms with van der Waals surface area (Å²) in [5, 5.41) is 0. The first-order chi connectivity index (χ1) is 16.1. The Morgan fingerprint density at radius 1 is 1.00 bits per heavy atom. The normalized spacial score (nSPS) is 16.0. The molecule has 0 aliphatic carbocycles. The van der Waals surface area contributed by atoms with Crippen LogP contribution >= 0.6 is 0 Å². The molecular formula is C28H29N3O2. The number of carbonyl (C=O) groups excluding carboxylic acids is 1. The molecule has 3 aromatic carbocycles. The van der Waals surface area contributed by atoms with Crippen molar-refractivity contribution in [3.05, 3.63) is 89.7 Å². The van der Waals surface area contributed by atoms with E-state index in [9.17, 15) is 4.79 Å². The van der Waals surface area contributed by atoms with Crippen molar-refractivity contribution in [2.75, 3.05) is 18.1 Å². The quantitative estimate of drug-likeness (QED) is 0.382. The molecule has 4 aromatic rings. The molecule has 1 aromatic heterocycles. The van der Waals surface area contributed by atoms with E-state index in [0.29, 0.717) is 26.1 Å². The molecule has 1 aliphatic heterocycles. The van der Waals surface area contributed by atoms with Gasteiger partial charge in [-0.15, -0.1) is 0 Å². The Morgan fingerprint density at radius 3 is 2.55 bits per heavy atom. The van der Waals surface area contributed by atoms with Crippen LogP contribution in [0.15, 0.2) is 72.8 Å². The fourth-order valence-electron chi connectivity index (χ4n) is 4.70. The zero-order chi connectivity index (χ0) is 22.8. The van der Waals surface area contributed by atoms with Crippen molar-refractivity contribution in [1.29, 1.82) is 0 Å². The maximum absolute atomic E-state index is 13.0. The van der Waals surface area contributed by atoms with E-state index >= 15 is 0 Å². The predicted molar refractivity (Wildman–Crippen MR) is 132 cm³/mol. The minimum atomic E-state index is 0.0494. The van der Waals surface area contributed by atoms with Crippen LogP contribution in [0.4, 0.5) is 5.69 Å². The molecule has 33 heavy (non-hydrogen) atoms. The minimum Gasteiger partial charge on any atom is -0.492 e. The summed E-state index contributed by atoms with van der Waals surface area (Å²) in [5.41, 5.74) is 5.45. The lowest BCUT2D eigenvalue weighted by Crippen LogP contribution is -2.25. The number of imidazole rings is 1. The molecule has 5 nitrogen and oxygen atoms in total. The van der Waals surface area contributed by atoms with Gasteiger partial charge in [0, 0.05) is 24.6 Å². The third kappa shape index (κ3) is 4.23. The lowest BCUT2D eigenvalue weighted by Gasteiger charge is -2.19. The van der Waals surface area contributed by atoms with Gasteiger partial charge in [-0.05, 0) is 54.8 Å². The molecule has 1 aliphatic rings. The summed E-state index contributed by atoms with van der Waals surface area (Å²) in [7, 11) is 0. The van der Waals surface area contributed by atoms with E-state index in [-0.39, 0.29) is 11.8 Å². The highest BCUT2D eigenvalue weighted by Gasteiger charge is 2.35. The van der Waals surface area contributed by atoms with Gasteiger partial charge in [0.1, 0.15) is 18.2 Å². The number of carbonyl (C=O) groups is 1. The molecule has 1 amide bonds. The SMILES string of the molecule is CCc1ccc(OCCn2c([C@H]3CC(=O)N(c4ccccc4C)C3)nc3ccccc32)cc1. The maximum Gasteiger partial charge on any atom is 0.227 e. The van der Waals surface area contributed by atoms with Crippen LogP contribution < -0.4 is 9.64 Å². The Kier molecular flexibility index (Phi) is 5.86. The van der Waals surface area contributed by atoms with Crippen molar-refractivity contribution in [2.24, 2.45) is 0 Å². The fourth-order valence-corrected chi connectivity index (χ4v) is 4.70. The number of benzene rings is 3. The number of hydrogen-bond donors (Lipinski definition) is 0. The summed E-state index contributed by atoms with van der Waals surface area (Å²) in [6.07, 6.45) is 1.49. The van der Waals surface area contributed by atoms with Crippen molar-refractivity contribution in [3.8, 4) is 5.75 Å². The van der Waals surface area contributed by atoms with Gasteiger partial charge >= 0.3 is 0 Å². The molecule has 2 heterocycles. The third-order valence-corrected chi connectivity index (χ3v) is 6.50. The number of para-hydroxylation sites is 3. The number of fused-ring (bicyclic) bond motifs is 1. The van der Waals surface area contributed by atoms with Crippen molar-refractivity contribution in [3.63, 3.8) is 0 Å². The number of anilines is 1. The highest BCUT2D eigenvalue weighted by molar-refractivity contribution is 5.97. The van der Waals surface area contributed by atoms with Crippen LogP contribution in [0.3, 0.4) is 0 Å². The van der Waals surface area contributed by atoms with Crippen LogP contribution in [-0.2, 0) is 17.8 Å². The highest BCUT2D eigenvalue weighted by atomic mass is 16.5. The fraction of sp³-hybridized carbons (Fsp3) is 0.286. The van der Waals surface area contributed by atoms with Crippen molar-refractivity contribution in [2.45, 2.75) is 39.2 Å². The number of ether oxygens (including phenoxy) is 1. The topological polar surface area (TPSA) is 47.4 Å². The van der Waals surface area contributed by atoms with Gasteiger partial charge in [0.2, 0.25) is 5.91 Å². The number of nitrogens with zero attached hydrogens (tertiary/aromatic N) is 3. The molecule has 1 fully saturated rings. The van der Waals surface area contributed by atoms with E-state index in [1.807, 2.05) is 53.4 Å². The van der Waals surface area contributed by atoms with Crippen molar-refractivity contribution < 1.29 is 9.53 Å². The van der Waals surface area contributed by atoms with Gasteiger partial charge in [0.25, 0.3) is 0 Å².